The maximum atomic E-state index is 13.6. The van der Waals surface area contributed by atoms with Crippen LogP contribution in [0, 0.1) is 5.41 Å². The van der Waals surface area contributed by atoms with Gasteiger partial charge < -0.3 is 25.2 Å². The summed E-state index contributed by atoms with van der Waals surface area (Å²) in [6.07, 6.45) is 1.87. The Morgan fingerprint density at radius 3 is 2.51 bits per heavy atom. The first-order valence-corrected chi connectivity index (χ1v) is 15.1. The number of carbonyl (C=O) groups is 3. The lowest BCUT2D eigenvalue weighted by Gasteiger charge is -2.45. The molecule has 4 aliphatic rings. The molecule has 3 amide bonds. The minimum absolute atomic E-state index is 0.255. The number of hydrazone groups is 1. The second-order valence-electron chi connectivity index (χ2n) is 13.9. The van der Waals surface area contributed by atoms with E-state index in [0.29, 0.717) is 49.3 Å². The number of nitrogens with one attached hydrogen (secondary N) is 1. The largest absolute Gasteiger partial charge is 0.444 e. The number of likely N-dealkylation sites (tertiary alicyclic amines) is 1. The Kier molecular flexibility index (Phi) is 6.96. The molecule has 6 rings (SSSR count). The molecule has 11 nitrogen and oxygen atoms in total. The zero-order valence-corrected chi connectivity index (χ0v) is 25.5. The Bertz CT molecular complexity index is 1510. The topological polar surface area (TPSA) is 135 Å². The summed E-state index contributed by atoms with van der Waals surface area (Å²) < 4.78 is 5.55. The average molecular weight is 592 g/mol. The highest BCUT2D eigenvalue weighted by Crippen LogP contribution is 2.47. The first-order valence-electron chi connectivity index (χ1n) is 15.1. The number of carbonyl (C=O) groups excluding carboxylic acids is 3. The average Bonchev–Trinajstić information content (AvgIpc) is 3.49. The Labute approximate surface area is 251 Å². The van der Waals surface area contributed by atoms with Crippen LogP contribution in [0.1, 0.15) is 82.3 Å². The maximum Gasteiger partial charge on any atom is 0.410 e. The Morgan fingerprint density at radius 1 is 1.12 bits per heavy atom. The number of aliphatic hydroxyl groups is 2. The van der Waals surface area contributed by atoms with Crippen molar-refractivity contribution in [1.82, 2.24) is 15.2 Å². The van der Waals surface area contributed by atoms with E-state index in [-0.39, 0.29) is 23.4 Å². The van der Waals surface area contributed by atoms with Gasteiger partial charge in [-0.15, -0.1) is 0 Å². The predicted octanol–water partition coefficient (Wildman–Crippen LogP) is 3.53. The van der Waals surface area contributed by atoms with E-state index in [1.54, 1.807) is 17.0 Å². The van der Waals surface area contributed by atoms with Crippen LogP contribution in [0.15, 0.2) is 35.4 Å². The smallest absolute Gasteiger partial charge is 0.410 e. The molecule has 0 bridgehead atoms. The number of hydrogen-bond acceptors (Lipinski definition) is 8. The van der Waals surface area contributed by atoms with Gasteiger partial charge in [0.2, 0.25) is 5.91 Å². The lowest BCUT2D eigenvalue weighted by Crippen LogP contribution is -2.55. The second-order valence-corrected chi connectivity index (χ2v) is 13.9. The van der Waals surface area contributed by atoms with Crippen LogP contribution in [0.5, 0.6) is 0 Å². The zero-order valence-electron chi connectivity index (χ0n) is 25.5. The molecule has 0 radical (unpaired) electrons. The van der Waals surface area contributed by atoms with Gasteiger partial charge in [0.05, 0.1) is 22.7 Å². The van der Waals surface area contributed by atoms with E-state index in [2.05, 4.69) is 12.2 Å². The Hall–Kier alpha value is -3.70. The van der Waals surface area contributed by atoms with Crippen LogP contribution in [0.25, 0.3) is 10.8 Å². The van der Waals surface area contributed by atoms with E-state index in [4.69, 9.17) is 9.84 Å². The molecule has 2 aromatic rings. The molecule has 0 aromatic heterocycles. The van der Waals surface area contributed by atoms with E-state index < -0.39 is 29.4 Å². The first-order chi connectivity index (χ1) is 20.2. The molecule has 0 saturated carbocycles. The third kappa shape index (κ3) is 5.02. The molecular formula is C32H41N5O6. The quantitative estimate of drug-likeness (QED) is 0.495. The molecule has 2 fully saturated rings. The molecule has 4 heterocycles. The second kappa shape index (κ2) is 10.2. The summed E-state index contributed by atoms with van der Waals surface area (Å²) in [5.74, 6) is -0.633. The molecule has 43 heavy (non-hydrogen) atoms. The molecule has 3 N–H and O–H groups in total. The molecule has 4 atom stereocenters. The van der Waals surface area contributed by atoms with E-state index >= 15 is 0 Å². The van der Waals surface area contributed by atoms with Crippen LogP contribution in [-0.4, -0.2) is 87.3 Å². The molecule has 2 saturated heterocycles. The summed E-state index contributed by atoms with van der Waals surface area (Å²) in [6.45, 7) is 11.3. The van der Waals surface area contributed by atoms with Crippen molar-refractivity contribution >= 4 is 40.6 Å². The maximum absolute atomic E-state index is 13.6. The van der Waals surface area contributed by atoms with Crippen molar-refractivity contribution in [2.24, 2.45) is 10.5 Å². The van der Waals surface area contributed by atoms with Crippen molar-refractivity contribution in [1.29, 1.82) is 0 Å². The number of ether oxygens (including phenoxy) is 1. The SMILES string of the molecule is CC(C)(C)OC(=O)N1CCC(C)(N2CC(C)(C(O)c3ccc4c5c(cccc35)C(=O)N4C3CCC(O)NC3=O)C=N2)CC1. The number of rotatable bonds is 4. The number of piperidine rings is 2. The third-order valence-electron chi connectivity index (χ3n) is 9.42. The fourth-order valence-corrected chi connectivity index (χ4v) is 6.81. The van der Waals surface area contributed by atoms with Crippen LogP contribution in [0.4, 0.5) is 10.5 Å². The highest BCUT2D eigenvalue weighted by atomic mass is 16.6. The highest BCUT2D eigenvalue weighted by Gasteiger charge is 2.47. The molecule has 0 spiro atoms. The van der Waals surface area contributed by atoms with E-state index in [9.17, 15) is 24.6 Å². The van der Waals surface area contributed by atoms with Crippen LogP contribution in [0.3, 0.4) is 0 Å². The summed E-state index contributed by atoms with van der Waals surface area (Å²) in [4.78, 5) is 42.2. The number of benzene rings is 2. The highest BCUT2D eigenvalue weighted by molar-refractivity contribution is 6.27. The molecule has 11 heteroatoms. The van der Waals surface area contributed by atoms with Gasteiger partial charge in [-0.2, -0.15) is 5.10 Å². The zero-order chi connectivity index (χ0) is 30.9. The molecule has 4 aliphatic heterocycles. The number of aliphatic hydroxyl groups excluding tert-OH is 2. The number of hydrogen-bond donors (Lipinski definition) is 3. The standard InChI is InChI=1S/C32H41N5O6/c1-30(2,3)43-29(42)35-15-13-32(5,14-16-35)36-18-31(4,17-33-36)26(39)20-9-10-22-25-19(20)7-6-8-21(25)28(41)37(22)23-11-12-24(38)34-27(23)40/h6-10,17,23-24,26,38-39H,11-16,18H2,1-5H3,(H,34,40). The van der Waals surface area contributed by atoms with Crippen LogP contribution >= 0.6 is 0 Å². The Morgan fingerprint density at radius 2 is 1.84 bits per heavy atom. The van der Waals surface area contributed by atoms with E-state index in [1.807, 2.05) is 57.1 Å². The molecule has 2 aromatic carbocycles. The van der Waals surface area contributed by atoms with Gasteiger partial charge in [-0.3, -0.25) is 19.5 Å². The van der Waals surface area contributed by atoms with Crippen LogP contribution < -0.4 is 10.2 Å². The van der Waals surface area contributed by atoms with Crippen molar-refractivity contribution in [3.05, 3.63) is 41.5 Å². The van der Waals surface area contributed by atoms with Crippen LogP contribution in [-0.2, 0) is 9.53 Å². The summed E-state index contributed by atoms with van der Waals surface area (Å²) >= 11 is 0. The van der Waals surface area contributed by atoms with Crippen molar-refractivity contribution in [2.45, 2.75) is 89.8 Å². The van der Waals surface area contributed by atoms with Gasteiger partial charge >= 0.3 is 6.09 Å². The number of amides is 3. The van der Waals surface area contributed by atoms with Gasteiger partial charge in [0.1, 0.15) is 17.9 Å². The lowest BCUT2D eigenvalue weighted by molar-refractivity contribution is -0.128. The first kappa shape index (κ1) is 29.4. The number of anilines is 1. The van der Waals surface area contributed by atoms with Gasteiger partial charge in [0.15, 0.2) is 0 Å². The molecule has 0 aliphatic carbocycles. The minimum atomic E-state index is -0.909. The minimum Gasteiger partial charge on any atom is -0.444 e. The summed E-state index contributed by atoms with van der Waals surface area (Å²) in [5.41, 5.74) is 0.301. The molecule has 230 valence electrons. The predicted molar refractivity (Wildman–Crippen MR) is 162 cm³/mol. The van der Waals surface area contributed by atoms with Gasteiger partial charge in [0.25, 0.3) is 5.91 Å². The van der Waals surface area contributed by atoms with Crippen molar-refractivity contribution < 1.29 is 29.3 Å². The summed E-state index contributed by atoms with van der Waals surface area (Å²) in [5, 5.41) is 32.6. The Balaban J connectivity index is 1.22. The summed E-state index contributed by atoms with van der Waals surface area (Å²) in [7, 11) is 0. The molecular weight excluding hydrogens is 550 g/mol. The van der Waals surface area contributed by atoms with Crippen molar-refractivity contribution in [2.75, 3.05) is 24.5 Å². The van der Waals surface area contributed by atoms with Gasteiger partial charge in [-0.25, -0.2) is 4.79 Å². The van der Waals surface area contributed by atoms with E-state index in [0.717, 1.165) is 23.6 Å². The van der Waals surface area contributed by atoms with Gasteiger partial charge in [-0.05, 0) is 83.4 Å². The molecule has 4 unspecified atom stereocenters. The van der Waals surface area contributed by atoms with Crippen LogP contribution in [0.2, 0.25) is 0 Å². The fourth-order valence-electron chi connectivity index (χ4n) is 6.81. The fraction of sp³-hybridized carbons (Fsp3) is 0.562. The number of nitrogens with zero attached hydrogens (tertiary/aromatic N) is 4. The third-order valence-corrected chi connectivity index (χ3v) is 9.42. The summed E-state index contributed by atoms with van der Waals surface area (Å²) in [6, 6.07) is 8.41. The monoisotopic (exact) mass is 591 g/mol. The van der Waals surface area contributed by atoms with Gasteiger partial charge in [0, 0.05) is 36.8 Å². The van der Waals surface area contributed by atoms with Crippen molar-refractivity contribution in [3.8, 4) is 0 Å². The lowest BCUT2D eigenvalue weighted by atomic mass is 9.79. The van der Waals surface area contributed by atoms with Crippen molar-refractivity contribution in [3.63, 3.8) is 0 Å². The van der Waals surface area contributed by atoms with E-state index in [1.165, 1.54) is 4.90 Å². The van der Waals surface area contributed by atoms with Gasteiger partial charge in [-0.1, -0.05) is 18.2 Å². The normalized spacial score (nSPS) is 27.6.